The van der Waals surface area contributed by atoms with Crippen LogP contribution in [0.2, 0.25) is 0 Å². The van der Waals surface area contributed by atoms with E-state index in [9.17, 15) is 8.78 Å². The number of methoxy groups -OCH3 is 1. The first kappa shape index (κ1) is 14.5. The fourth-order valence-electron chi connectivity index (χ4n) is 1.71. The molecule has 0 aliphatic rings. The molecule has 0 bridgehead atoms. The number of nitrogens with one attached hydrogen (secondary N) is 1. The van der Waals surface area contributed by atoms with Crippen molar-refractivity contribution in [2.75, 3.05) is 20.3 Å². The predicted octanol–water partition coefficient (Wildman–Crippen LogP) is 1.34. The molecule has 1 heterocycles. The number of ether oxygens (including phenoxy) is 1. The van der Waals surface area contributed by atoms with Crippen molar-refractivity contribution in [3.8, 4) is 0 Å². The molecule has 2 aromatic rings. The molecule has 0 fully saturated rings. The van der Waals surface area contributed by atoms with Gasteiger partial charge in [-0.1, -0.05) is 11.3 Å². The van der Waals surface area contributed by atoms with Crippen LogP contribution in [0.5, 0.6) is 0 Å². The topological polar surface area (TPSA) is 52.0 Å². The summed E-state index contributed by atoms with van der Waals surface area (Å²) in [7, 11) is 1.63. The van der Waals surface area contributed by atoms with Crippen LogP contribution in [0.3, 0.4) is 0 Å². The van der Waals surface area contributed by atoms with Crippen molar-refractivity contribution in [3.63, 3.8) is 0 Å². The average Bonchev–Trinajstić information content (AvgIpc) is 2.86. The van der Waals surface area contributed by atoms with Crippen LogP contribution in [-0.2, 0) is 17.8 Å². The first-order chi connectivity index (χ1) is 9.69. The van der Waals surface area contributed by atoms with E-state index in [-0.39, 0.29) is 6.54 Å². The Labute approximate surface area is 115 Å². The highest BCUT2D eigenvalue weighted by Gasteiger charge is 2.06. The molecule has 0 atom stereocenters. The van der Waals surface area contributed by atoms with Gasteiger partial charge in [-0.05, 0) is 6.07 Å². The molecule has 0 radical (unpaired) electrons. The largest absolute Gasteiger partial charge is 0.383 e. The second kappa shape index (κ2) is 7.06. The molecule has 1 aromatic carbocycles. The predicted molar refractivity (Wildman–Crippen MR) is 69.1 cm³/mol. The maximum absolute atomic E-state index is 13.5. The van der Waals surface area contributed by atoms with Crippen LogP contribution in [0, 0.1) is 11.6 Å². The molecule has 1 N–H and O–H groups in total. The summed E-state index contributed by atoms with van der Waals surface area (Å²) in [5.41, 5.74) is 1.12. The molecule has 5 nitrogen and oxygen atoms in total. The van der Waals surface area contributed by atoms with Gasteiger partial charge in [0.25, 0.3) is 0 Å². The van der Waals surface area contributed by atoms with Crippen molar-refractivity contribution in [1.82, 2.24) is 20.3 Å². The Kier molecular flexibility index (Phi) is 5.14. The maximum Gasteiger partial charge on any atom is 0.131 e. The van der Waals surface area contributed by atoms with Gasteiger partial charge in [-0.15, -0.1) is 5.10 Å². The van der Waals surface area contributed by atoms with E-state index in [4.69, 9.17) is 4.74 Å². The van der Waals surface area contributed by atoms with E-state index < -0.39 is 11.6 Å². The summed E-state index contributed by atoms with van der Waals surface area (Å²) in [6.07, 6.45) is 1.72. The fraction of sp³-hybridized carbons (Fsp3) is 0.385. The van der Waals surface area contributed by atoms with Gasteiger partial charge < -0.3 is 10.1 Å². The van der Waals surface area contributed by atoms with Gasteiger partial charge >= 0.3 is 0 Å². The Morgan fingerprint density at radius 3 is 2.95 bits per heavy atom. The van der Waals surface area contributed by atoms with Gasteiger partial charge in [0.15, 0.2) is 0 Å². The van der Waals surface area contributed by atoms with Gasteiger partial charge in [-0.25, -0.2) is 13.5 Å². The fourth-order valence-corrected chi connectivity index (χ4v) is 1.71. The van der Waals surface area contributed by atoms with Crippen LogP contribution >= 0.6 is 0 Å². The minimum Gasteiger partial charge on any atom is -0.383 e. The number of hydrogen-bond donors (Lipinski definition) is 1. The highest BCUT2D eigenvalue weighted by atomic mass is 19.1. The quantitative estimate of drug-likeness (QED) is 0.779. The Bertz CT molecular complexity index is 559. The smallest absolute Gasteiger partial charge is 0.131 e. The normalized spacial score (nSPS) is 10.9. The summed E-state index contributed by atoms with van der Waals surface area (Å²) in [4.78, 5) is 0. The minimum absolute atomic E-state index is 0.219. The summed E-state index contributed by atoms with van der Waals surface area (Å²) in [6, 6.07) is 3.49. The number of nitrogens with zero attached hydrogens (tertiary/aromatic N) is 3. The molecule has 0 aliphatic carbocycles. The molecule has 0 saturated heterocycles. The molecular formula is C13H16F2N4O. The molecular weight excluding hydrogens is 266 g/mol. The molecule has 0 saturated carbocycles. The summed E-state index contributed by atoms with van der Waals surface area (Å²) in [5.74, 6) is -1.17. The number of halogens is 2. The van der Waals surface area contributed by atoms with E-state index in [1.165, 1.54) is 16.8 Å². The van der Waals surface area contributed by atoms with E-state index in [0.29, 0.717) is 18.7 Å². The Morgan fingerprint density at radius 1 is 1.35 bits per heavy atom. The van der Waals surface area contributed by atoms with Crippen molar-refractivity contribution in [2.24, 2.45) is 0 Å². The van der Waals surface area contributed by atoms with Crippen LogP contribution < -0.4 is 5.32 Å². The van der Waals surface area contributed by atoms with Crippen molar-refractivity contribution < 1.29 is 13.5 Å². The number of rotatable bonds is 7. The molecule has 7 heteroatoms. The van der Waals surface area contributed by atoms with E-state index in [1.54, 1.807) is 13.3 Å². The first-order valence-electron chi connectivity index (χ1n) is 6.21. The van der Waals surface area contributed by atoms with Crippen molar-refractivity contribution in [2.45, 2.75) is 13.1 Å². The standard InChI is InChI=1S/C13H16F2N4O/c1-20-5-4-16-7-12-9-19(18-17-12)8-10-2-3-11(14)6-13(10)15/h2-3,6,9,16H,4-5,7-8H2,1H3. The zero-order valence-electron chi connectivity index (χ0n) is 11.1. The Hall–Kier alpha value is -1.86. The van der Waals surface area contributed by atoms with Gasteiger partial charge in [0.2, 0.25) is 0 Å². The van der Waals surface area contributed by atoms with Crippen LogP contribution in [0.15, 0.2) is 24.4 Å². The zero-order valence-corrected chi connectivity index (χ0v) is 11.1. The van der Waals surface area contributed by atoms with Gasteiger partial charge in [0, 0.05) is 31.8 Å². The summed E-state index contributed by atoms with van der Waals surface area (Å²) >= 11 is 0. The van der Waals surface area contributed by atoms with Crippen LogP contribution in [0.4, 0.5) is 8.78 Å². The van der Waals surface area contributed by atoms with Crippen molar-refractivity contribution >= 4 is 0 Å². The second-order valence-corrected chi connectivity index (χ2v) is 4.31. The molecule has 0 amide bonds. The second-order valence-electron chi connectivity index (χ2n) is 4.31. The van der Waals surface area contributed by atoms with Gasteiger partial charge in [0.05, 0.1) is 25.0 Å². The number of benzene rings is 1. The lowest BCUT2D eigenvalue weighted by molar-refractivity contribution is 0.199. The van der Waals surface area contributed by atoms with Crippen molar-refractivity contribution in [3.05, 3.63) is 47.3 Å². The van der Waals surface area contributed by atoms with Crippen LogP contribution in [-0.4, -0.2) is 35.3 Å². The minimum atomic E-state index is -0.590. The third kappa shape index (κ3) is 4.07. The molecule has 2 rings (SSSR count). The Balaban J connectivity index is 1.92. The lowest BCUT2D eigenvalue weighted by Crippen LogP contribution is -2.18. The first-order valence-corrected chi connectivity index (χ1v) is 6.21. The molecule has 20 heavy (non-hydrogen) atoms. The lowest BCUT2D eigenvalue weighted by atomic mass is 10.2. The highest BCUT2D eigenvalue weighted by molar-refractivity contribution is 5.18. The van der Waals surface area contributed by atoms with Crippen molar-refractivity contribution in [1.29, 1.82) is 0 Å². The molecule has 0 spiro atoms. The lowest BCUT2D eigenvalue weighted by Gasteiger charge is -2.02. The van der Waals surface area contributed by atoms with E-state index in [2.05, 4.69) is 15.6 Å². The summed E-state index contributed by atoms with van der Waals surface area (Å²) < 4.78 is 32.7. The molecule has 108 valence electrons. The third-order valence-corrected chi connectivity index (χ3v) is 2.72. The molecule has 1 aromatic heterocycles. The van der Waals surface area contributed by atoms with Crippen LogP contribution in [0.1, 0.15) is 11.3 Å². The zero-order chi connectivity index (χ0) is 14.4. The monoisotopic (exact) mass is 282 g/mol. The summed E-state index contributed by atoms with van der Waals surface area (Å²) in [6.45, 7) is 2.12. The SMILES string of the molecule is COCCNCc1cn(Cc2ccc(F)cc2F)nn1. The van der Waals surface area contributed by atoms with Crippen LogP contribution in [0.25, 0.3) is 0 Å². The maximum atomic E-state index is 13.5. The van der Waals surface area contributed by atoms with Gasteiger partial charge in [-0.3, -0.25) is 0 Å². The molecule has 0 unspecified atom stereocenters. The Morgan fingerprint density at radius 2 is 2.20 bits per heavy atom. The highest BCUT2D eigenvalue weighted by Crippen LogP contribution is 2.10. The number of aromatic nitrogens is 3. The third-order valence-electron chi connectivity index (χ3n) is 2.72. The summed E-state index contributed by atoms with van der Waals surface area (Å²) in [5, 5.41) is 11.0. The van der Waals surface area contributed by atoms with E-state index in [0.717, 1.165) is 18.3 Å². The number of hydrogen-bond acceptors (Lipinski definition) is 4. The van der Waals surface area contributed by atoms with E-state index in [1.807, 2.05) is 0 Å². The van der Waals surface area contributed by atoms with Gasteiger partial charge in [-0.2, -0.15) is 0 Å². The average molecular weight is 282 g/mol. The molecule has 0 aliphatic heterocycles. The van der Waals surface area contributed by atoms with Gasteiger partial charge in [0.1, 0.15) is 11.6 Å². The van der Waals surface area contributed by atoms with E-state index >= 15 is 0 Å².